The van der Waals surface area contributed by atoms with Gasteiger partial charge in [-0.1, -0.05) is 18.5 Å². The lowest BCUT2D eigenvalue weighted by Gasteiger charge is -1.96. The average molecular weight is 134 g/mol. The van der Waals surface area contributed by atoms with Crippen LogP contribution in [-0.2, 0) is 6.42 Å². The third kappa shape index (κ3) is 1.87. The Bertz CT molecular complexity index is 210. The molecule has 0 spiro atoms. The number of rotatable bonds is 2. The fraction of sp³-hybridized carbons (Fsp3) is 0.250. The summed E-state index contributed by atoms with van der Waals surface area (Å²) >= 11 is 0. The summed E-state index contributed by atoms with van der Waals surface area (Å²) in [5.41, 5.74) is 0.961. The molecule has 0 aromatic heterocycles. The molecular weight excluding hydrogens is 126 g/mol. The van der Waals surface area contributed by atoms with E-state index in [-0.39, 0.29) is 5.82 Å². The van der Waals surface area contributed by atoms with Crippen molar-refractivity contribution in [2.45, 2.75) is 12.7 Å². The van der Waals surface area contributed by atoms with Crippen molar-refractivity contribution in [1.29, 1.82) is 0 Å². The van der Waals surface area contributed by atoms with Crippen LogP contribution in [0.15, 0.2) is 24.3 Å². The van der Waals surface area contributed by atoms with E-state index in [2.05, 4.69) is 0 Å². The van der Waals surface area contributed by atoms with E-state index in [9.17, 15) is 4.39 Å². The van der Waals surface area contributed by atoms with Gasteiger partial charge >= 0.3 is 0 Å². The summed E-state index contributed by atoms with van der Waals surface area (Å²) in [4.78, 5) is 0. The molecule has 0 aliphatic rings. The van der Waals surface area contributed by atoms with Gasteiger partial charge in [-0.05, 0) is 24.1 Å². The highest BCUT2D eigenvalue weighted by molar-refractivity contribution is 6.08. The second kappa shape index (κ2) is 3.40. The Balaban J connectivity index is 2.75. The maximum Gasteiger partial charge on any atom is 0.123 e. The zero-order valence-electron chi connectivity index (χ0n) is 5.68. The van der Waals surface area contributed by atoms with Crippen molar-refractivity contribution >= 4 is 7.85 Å². The van der Waals surface area contributed by atoms with E-state index in [1.54, 1.807) is 6.07 Å². The van der Waals surface area contributed by atoms with Gasteiger partial charge in [0.05, 0.1) is 7.85 Å². The fourth-order valence-electron chi connectivity index (χ4n) is 0.859. The molecule has 0 heterocycles. The minimum absolute atomic E-state index is 0.189. The molecule has 2 heteroatoms. The quantitative estimate of drug-likeness (QED) is 0.542. The lowest BCUT2D eigenvalue weighted by Crippen LogP contribution is -1.84. The molecular formula is C8H8BF. The Hall–Kier alpha value is -0.785. The minimum Gasteiger partial charge on any atom is -0.207 e. The largest absolute Gasteiger partial charge is 0.207 e. The van der Waals surface area contributed by atoms with Crippen molar-refractivity contribution in [2.24, 2.45) is 0 Å². The maximum atomic E-state index is 12.4. The molecule has 0 N–H and O–H groups in total. The lowest BCUT2D eigenvalue weighted by molar-refractivity contribution is 0.626. The predicted molar refractivity (Wildman–Crippen MR) is 40.7 cm³/mol. The summed E-state index contributed by atoms with van der Waals surface area (Å²) in [6.45, 7) is 0. The monoisotopic (exact) mass is 134 g/mol. The second-order valence-corrected chi connectivity index (χ2v) is 2.17. The van der Waals surface area contributed by atoms with Crippen molar-refractivity contribution in [3.63, 3.8) is 0 Å². The van der Waals surface area contributed by atoms with Gasteiger partial charge in [0.1, 0.15) is 5.82 Å². The zero-order chi connectivity index (χ0) is 7.40. The molecule has 0 atom stereocenters. The summed E-state index contributed by atoms with van der Waals surface area (Å²) in [6, 6.07) is 6.50. The van der Waals surface area contributed by atoms with Gasteiger partial charge in [0.25, 0.3) is 0 Å². The summed E-state index contributed by atoms with van der Waals surface area (Å²) in [6.07, 6.45) is 1.32. The third-order valence-electron chi connectivity index (χ3n) is 1.32. The van der Waals surface area contributed by atoms with E-state index in [0.717, 1.165) is 12.0 Å². The predicted octanol–water partition coefficient (Wildman–Crippen LogP) is 1.95. The van der Waals surface area contributed by atoms with Crippen LogP contribution in [0.2, 0.25) is 6.32 Å². The van der Waals surface area contributed by atoms with Crippen molar-refractivity contribution in [2.75, 3.05) is 0 Å². The van der Waals surface area contributed by atoms with Crippen LogP contribution in [0, 0.1) is 5.82 Å². The first-order valence-corrected chi connectivity index (χ1v) is 3.27. The smallest absolute Gasteiger partial charge is 0.123 e. The Kier molecular flexibility index (Phi) is 2.49. The highest BCUT2D eigenvalue weighted by atomic mass is 19.1. The fourth-order valence-corrected chi connectivity index (χ4v) is 0.859. The van der Waals surface area contributed by atoms with E-state index in [4.69, 9.17) is 7.85 Å². The van der Waals surface area contributed by atoms with Gasteiger partial charge in [-0.2, -0.15) is 0 Å². The van der Waals surface area contributed by atoms with Crippen molar-refractivity contribution < 1.29 is 4.39 Å². The van der Waals surface area contributed by atoms with Crippen LogP contribution in [0.3, 0.4) is 0 Å². The summed E-state index contributed by atoms with van der Waals surface area (Å²) in [5.74, 6) is -0.189. The summed E-state index contributed by atoms with van der Waals surface area (Å²) in [7, 11) is 5.29. The van der Waals surface area contributed by atoms with Gasteiger partial charge in [0.2, 0.25) is 0 Å². The van der Waals surface area contributed by atoms with E-state index in [0.29, 0.717) is 6.32 Å². The van der Waals surface area contributed by atoms with Crippen LogP contribution in [0.25, 0.3) is 0 Å². The first-order chi connectivity index (χ1) is 4.83. The number of hydrogen-bond acceptors (Lipinski definition) is 0. The van der Waals surface area contributed by atoms with Crippen LogP contribution in [0.1, 0.15) is 5.56 Å². The molecule has 50 valence electrons. The van der Waals surface area contributed by atoms with Crippen molar-refractivity contribution in [1.82, 2.24) is 0 Å². The van der Waals surface area contributed by atoms with Crippen LogP contribution in [-0.4, -0.2) is 7.85 Å². The molecule has 0 aliphatic heterocycles. The lowest BCUT2D eigenvalue weighted by atomic mass is 9.97. The average Bonchev–Trinajstić information content (AvgIpc) is 1.88. The van der Waals surface area contributed by atoms with Crippen LogP contribution < -0.4 is 0 Å². The van der Waals surface area contributed by atoms with E-state index < -0.39 is 0 Å². The molecule has 1 aromatic rings. The molecule has 1 rings (SSSR count). The highest BCUT2D eigenvalue weighted by Crippen LogP contribution is 2.04. The highest BCUT2D eigenvalue weighted by Gasteiger charge is 1.91. The topological polar surface area (TPSA) is 0 Å². The Morgan fingerprint density at radius 1 is 1.40 bits per heavy atom. The molecule has 0 saturated carbocycles. The number of aryl methyl sites for hydroxylation is 1. The number of halogens is 1. The van der Waals surface area contributed by atoms with E-state index >= 15 is 0 Å². The molecule has 0 amide bonds. The molecule has 0 saturated heterocycles. The molecule has 2 radical (unpaired) electrons. The maximum absolute atomic E-state index is 12.4. The van der Waals surface area contributed by atoms with Crippen molar-refractivity contribution in [3.05, 3.63) is 35.6 Å². The third-order valence-corrected chi connectivity index (χ3v) is 1.32. The first-order valence-electron chi connectivity index (χ1n) is 3.27. The minimum atomic E-state index is -0.189. The van der Waals surface area contributed by atoms with Gasteiger partial charge < -0.3 is 0 Å². The first kappa shape index (κ1) is 7.32. The molecule has 0 nitrogen and oxygen atoms in total. The SMILES string of the molecule is [B]CCc1cccc(F)c1. The van der Waals surface area contributed by atoms with Crippen molar-refractivity contribution in [3.8, 4) is 0 Å². The Morgan fingerprint density at radius 2 is 2.20 bits per heavy atom. The molecule has 1 aromatic carbocycles. The summed E-state index contributed by atoms with van der Waals surface area (Å²) < 4.78 is 12.4. The summed E-state index contributed by atoms with van der Waals surface area (Å²) in [5, 5.41) is 0. The normalized spacial score (nSPS) is 9.70. The molecule has 10 heavy (non-hydrogen) atoms. The van der Waals surface area contributed by atoms with Crippen LogP contribution in [0.4, 0.5) is 4.39 Å². The molecule has 0 bridgehead atoms. The second-order valence-electron chi connectivity index (χ2n) is 2.17. The number of benzene rings is 1. The van der Waals surface area contributed by atoms with Crippen LogP contribution >= 0.6 is 0 Å². The Labute approximate surface area is 61.5 Å². The molecule has 0 fully saturated rings. The van der Waals surface area contributed by atoms with E-state index in [1.165, 1.54) is 12.1 Å². The zero-order valence-corrected chi connectivity index (χ0v) is 5.68. The van der Waals surface area contributed by atoms with Crippen LogP contribution in [0.5, 0.6) is 0 Å². The molecule has 0 unspecified atom stereocenters. The Morgan fingerprint density at radius 3 is 2.80 bits per heavy atom. The van der Waals surface area contributed by atoms with Gasteiger partial charge in [-0.25, -0.2) is 4.39 Å². The van der Waals surface area contributed by atoms with Gasteiger partial charge in [0, 0.05) is 0 Å². The van der Waals surface area contributed by atoms with Gasteiger partial charge in [0.15, 0.2) is 0 Å². The van der Waals surface area contributed by atoms with Gasteiger partial charge in [-0.15, -0.1) is 0 Å². The standard InChI is InChI=1S/C8H8BF/c9-5-4-7-2-1-3-8(10)6-7/h1-3,6H,4-5H2. The van der Waals surface area contributed by atoms with Gasteiger partial charge in [-0.3, -0.25) is 0 Å². The number of hydrogen-bond donors (Lipinski definition) is 0. The van der Waals surface area contributed by atoms with E-state index in [1.807, 2.05) is 6.07 Å². The molecule has 0 aliphatic carbocycles.